The van der Waals surface area contributed by atoms with Crippen molar-refractivity contribution in [3.63, 3.8) is 0 Å². The highest BCUT2D eigenvalue weighted by Crippen LogP contribution is 2.23. The lowest BCUT2D eigenvalue weighted by Crippen LogP contribution is -2.37. The molecule has 0 aliphatic rings. The first-order valence-electron chi connectivity index (χ1n) is 7.72. The molecule has 2 rings (SSSR count). The van der Waals surface area contributed by atoms with Crippen molar-refractivity contribution >= 4 is 29.3 Å². The van der Waals surface area contributed by atoms with Gasteiger partial charge in [-0.25, -0.2) is 13.2 Å². The number of rotatable bonds is 6. The lowest BCUT2D eigenvalue weighted by Gasteiger charge is -2.12. The molecule has 0 radical (unpaired) electrons. The molecule has 4 nitrogen and oxygen atoms in total. The highest BCUT2D eigenvalue weighted by molar-refractivity contribution is 8.00. The predicted octanol–water partition coefficient (Wildman–Crippen LogP) is 3.65. The average molecular weight is 382 g/mol. The third-order valence-corrected chi connectivity index (χ3v) is 4.55. The Kier molecular flexibility index (Phi) is 6.68. The van der Waals surface area contributed by atoms with Crippen molar-refractivity contribution in [2.24, 2.45) is 0 Å². The van der Waals surface area contributed by atoms with Crippen molar-refractivity contribution in [1.29, 1.82) is 0 Å². The summed E-state index contributed by atoms with van der Waals surface area (Å²) in [6.07, 6.45) is 0. The maximum Gasteiger partial charge on any atom is 0.243 e. The predicted molar refractivity (Wildman–Crippen MR) is 94.5 cm³/mol. The van der Waals surface area contributed by atoms with Gasteiger partial charge in [-0.1, -0.05) is 17.7 Å². The highest BCUT2D eigenvalue weighted by atomic mass is 32.2. The van der Waals surface area contributed by atoms with E-state index in [4.69, 9.17) is 0 Å². The number of amides is 2. The largest absolute Gasteiger partial charge is 0.346 e. The van der Waals surface area contributed by atoms with Crippen LogP contribution in [0.2, 0.25) is 0 Å². The van der Waals surface area contributed by atoms with E-state index in [1.54, 1.807) is 6.92 Å². The van der Waals surface area contributed by atoms with Gasteiger partial charge >= 0.3 is 0 Å². The molecule has 1 atom stereocenters. The summed E-state index contributed by atoms with van der Waals surface area (Å²) in [7, 11) is 0. The van der Waals surface area contributed by atoms with E-state index in [0.717, 1.165) is 16.5 Å². The molecule has 2 amide bonds. The molecule has 0 saturated carbocycles. The van der Waals surface area contributed by atoms with Crippen molar-refractivity contribution in [1.82, 2.24) is 5.32 Å². The molecule has 0 unspecified atom stereocenters. The monoisotopic (exact) mass is 382 g/mol. The van der Waals surface area contributed by atoms with Gasteiger partial charge < -0.3 is 10.6 Å². The van der Waals surface area contributed by atoms with Gasteiger partial charge in [0.2, 0.25) is 11.8 Å². The van der Waals surface area contributed by atoms with Gasteiger partial charge in [0.05, 0.1) is 17.5 Å². The number of aryl methyl sites for hydroxylation is 1. The number of nitrogens with one attached hydrogen (secondary N) is 2. The molecule has 0 spiro atoms. The van der Waals surface area contributed by atoms with E-state index in [1.165, 1.54) is 11.8 Å². The molecule has 2 N–H and O–H groups in total. The molecule has 0 aromatic heterocycles. The van der Waals surface area contributed by atoms with Crippen LogP contribution in [0.3, 0.4) is 0 Å². The van der Waals surface area contributed by atoms with Gasteiger partial charge in [0.15, 0.2) is 17.5 Å². The van der Waals surface area contributed by atoms with E-state index in [2.05, 4.69) is 10.6 Å². The van der Waals surface area contributed by atoms with E-state index < -0.39 is 40.8 Å². The molecule has 0 aliphatic carbocycles. The number of halogens is 3. The normalized spacial score (nSPS) is 11.7. The summed E-state index contributed by atoms with van der Waals surface area (Å²) < 4.78 is 39.5. The van der Waals surface area contributed by atoms with E-state index in [9.17, 15) is 22.8 Å². The molecule has 0 fully saturated rings. The van der Waals surface area contributed by atoms with Crippen molar-refractivity contribution in [3.05, 3.63) is 59.4 Å². The summed E-state index contributed by atoms with van der Waals surface area (Å²) in [5.74, 6) is -5.65. The zero-order valence-corrected chi connectivity index (χ0v) is 14.9. The lowest BCUT2D eigenvalue weighted by atomic mass is 10.2. The van der Waals surface area contributed by atoms with Crippen molar-refractivity contribution in [2.75, 3.05) is 11.9 Å². The van der Waals surface area contributed by atoms with Gasteiger partial charge in [-0.3, -0.25) is 9.59 Å². The molecule has 0 saturated heterocycles. The Morgan fingerprint density at radius 1 is 1.04 bits per heavy atom. The molecule has 8 heteroatoms. The van der Waals surface area contributed by atoms with Crippen LogP contribution in [-0.2, 0) is 9.59 Å². The number of hydrogen-bond acceptors (Lipinski definition) is 3. The van der Waals surface area contributed by atoms with Crippen LogP contribution in [0.5, 0.6) is 0 Å². The van der Waals surface area contributed by atoms with Crippen molar-refractivity contribution in [2.45, 2.75) is 24.0 Å². The smallest absolute Gasteiger partial charge is 0.243 e. The molecule has 0 aliphatic heterocycles. The van der Waals surface area contributed by atoms with Crippen LogP contribution < -0.4 is 10.6 Å². The van der Waals surface area contributed by atoms with Crippen LogP contribution in [-0.4, -0.2) is 23.6 Å². The SMILES string of the molecule is Cc1ccc(S[C@H](C)C(=O)NCC(=O)Nc2ccc(F)c(F)c2F)cc1. The van der Waals surface area contributed by atoms with Gasteiger partial charge in [-0.2, -0.15) is 0 Å². The number of carbonyl (C=O) groups excluding carboxylic acids is 2. The second-order valence-electron chi connectivity index (χ2n) is 5.56. The molecule has 2 aromatic carbocycles. The summed E-state index contributed by atoms with van der Waals surface area (Å²) in [6.45, 7) is 3.22. The van der Waals surface area contributed by atoms with Gasteiger partial charge in [0, 0.05) is 4.90 Å². The summed E-state index contributed by atoms with van der Waals surface area (Å²) >= 11 is 1.33. The second-order valence-corrected chi connectivity index (χ2v) is 6.98. The number of hydrogen-bond donors (Lipinski definition) is 2. The molecule has 138 valence electrons. The Bertz CT molecular complexity index is 813. The molecular weight excluding hydrogens is 365 g/mol. The number of benzene rings is 2. The number of anilines is 1. The van der Waals surface area contributed by atoms with E-state index in [-0.39, 0.29) is 5.91 Å². The summed E-state index contributed by atoms with van der Waals surface area (Å²) in [5.41, 5.74) is 0.609. The van der Waals surface area contributed by atoms with Gasteiger partial charge in [-0.15, -0.1) is 11.8 Å². The zero-order chi connectivity index (χ0) is 19.3. The highest BCUT2D eigenvalue weighted by Gasteiger charge is 2.17. The lowest BCUT2D eigenvalue weighted by molar-refractivity contribution is -0.123. The molecule has 2 aromatic rings. The molecule has 0 bridgehead atoms. The molecular formula is C18H17F3N2O2S. The van der Waals surface area contributed by atoms with Gasteiger partial charge in [0.1, 0.15) is 0 Å². The minimum atomic E-state index is -1.67. The molecule has 26 heavy (non-hydrogen) atoms. The van der Waals surface area contributed by atoms with E-state index in [0.29, 0.717) is 6.07 Å². The van der Waals surface area contributed by atoms with Crippen LogP contribution in [0.15, 0.2) is 41.3 Å². The van der Waals surface area contributed by atoms with Crippen molar-refractivity contribution in [3.8, 4) is 0 Å². The Morgan fingerprint density at radius 3 is 2.35 bits per heavy atom. The first-order chi connectivity index (χ1) is 12.3. The Morgan fingerprint density at radius 2 is 1.69 bits per heavy atom. The van der Waals surface area contributed by atoms with Crippen LogP contribution >= 0.6 is 11.8 Å². The standard InChI is InChI=1S/C18H17F3N2O2S/c1-10-3-5-12(6-4-10)26-11(2)18(25)22-9-15(24)23-14-8-7-13(19)16(20)17(14)21/h3-8,11H,9H2,1-2H3,(H,22,25)(H,23,24)/t11-/m1/s1. The maximum absolute atomic E-state index is 13.5. The minimum absolute atomic E-state index is 0.378. The maximum atomic E-state index is 13.5. The van der Waals surface area contributed by atoms with Crippen LogP contribution in [0.25, 0.3) is 0 Å². The van der Waals surface area contributed by atoms with Crippen LogP contribution in [0.4, 0.5) is 18.9 Å². The first-order valence-corrected chi connectivity index (χ1v) is 8.60. The Hall–Kier alpha value is -2.48. The summed E-state index contributed by atoms with van der Waals surface area (Å²) in [5, 5.41) is 4.05. The van der Waals surface area contributed by atoms with Gasteiger partial charge in [-0.05, 0) is 38.1 Å². The first kappa shape index (κ1) is 19.8. The Balaban J connectivity index is 1.85. The van der Waals surface area contributed by atoms with Crippen LogP contribution in [0, 0.1) is 24.4 Å². The average Bonchev–Trinajstić information content (AvgIpc) is 2.62. The zero-order valence-electron chi connectivity index (χ0n) is 14.1. The number of thioether (sulfide) groups is 1. The summed E-state index contributed by atoms with van der Waals surface area (Å²) in [4.78, 5) is 24.7. The third-order valence-electron chi connectivity index (χ3n) is 3.44. The Labute approximate surface area is 153 Å². The minimum Gasteiger partial charge on any atom is -0.346 e. The van der Waals surface area contributed by atoms with Crippen molar-refractivity contribution < 1.29 is 22.8 Å². The fraction of sp³-hybridized carbons (Fsp3) is 0.222. The third kappa shape index (κ3) is 5.26. The van der Waals surface area contributed by atoms with Crippen LogP contribution in [0.1, 0.15) is 12.5 Å². The fourth-order valence-corrected chi connectivity index (χ4v) is 2.89. The van der Waals surface area contributed by atoms with E-state index in [1.807, 2.05) is 31.2 Å². The topological polar surface area (TPSA) is 58.2 Å². The number of carbonyl (C=O) groups is 2. The quantitative estimate of drug-likeness (QED) is 0.592. The second kappa shape index (κ2) is 8.75. The summed E-state index contributed by atoms with van der Waals surface area (Å²) in [6, 6.07) is 9.24. The van der Waals surface area contributed by atoms with E-state index >= 15 is 0 Å². The van der Waals surface area contributed by atoms with Gasteiger partial charge in [0.25, 0.3) is 0 Å². The fourth-order valence-electron chi connectivity index (χ4n) is 2.00. The molecule has 0 heterocycles.